The van der Waals surface area contributed by atoms with Crippen molar-refractivity contribution >= 4 is 17.3 Å². The number of amides is 1. The number of nitrogens with two attached hydrogens (primary N) is 1. The predicted molar refractivity (Wildman–Crippen MR) is 81.1 cm³/mol. The molecule has 21 heavy (non-hydrogen) atoms. The average molecular weight is 291 g/mol. The van der Waals surface area contributed by atoms with E-state index in [0.29, 0.717) is 0 Å². The Kier molecular flexibility index (Phi) is 4.57. The van der Waals surface area contributed by atoms with Crippen LogP contribution in [-0.4, -0.2) is 16.9 Å². The summed E-state index contributed by atoms with van der Waals surface area (Å²) in [4.78, 5) is 23.0. The molecule has 2 rings (SSSR count). The van der Waals surface area contributed by atoms with Gasteiger partial charge >= 0.3 is 0 Å². The first-order valence-electron chi connectivity index (χ1n) is 7.22. The molecular formula is C15H21N3O3. The predicted octanol–water partition coefficient (Wildman–Crippen LogP) is 2.67. The molecule has 1 aliphatic rings. The van der Waals surface area contributed by atoms with Crippen LogP contribution in [0, 0.1) is 29.9 Å². The zero-order valence-electron chi connectivity index (χ0n) is 12.4. The molecule has 6 nitrogen and oxygen atoms in total. The minimum atomic E-state index is -0.469. The molecule has 0 heterocycles. The van der Waals surface area contributed by atoms with Gasteiger partial charge in [-0.1, -0.05) is 12.8 Å². The van der Waals surface area contributed by atoms with Crippen molar-refractivity contribution in [3.8, 4) is 0 Å². The van der Waals surface area contributed by atoms with Gasteiger partial charge in [-0.25, -0.2) is 0 Å². The topological polar surface area (TPSA) is 98.3 Å². The van der Waals surface area contributed by atoms with Gasteiger partial charge in [-0.05, 0) is 43.9 Å². The third-order valence-corrected chi connectivity index (χ3v) is 4.22. The fourth-order valence-electron chi connectivity index (χ4n) is 2.76. The van der Waals surface area contributed by atoms with Crippen LogP contribution in [0.15, 0.2) is 12.1 Å². The monoisotopic (exact) mass is 291 g/mol. The first kappa shape index (κ1) is 15.4. The standard InChI is InChI=1S/C15H21N3O3/c1-9-7-13(14(18(20)21)8-10(9)2)17-15(19)11-5-3-4-6-12(11)16/h7-8,11-12H,3-6,16H2,1-2H3,(H,17,19). The molecule has 0 aliphatic heterocycles. The highest BCUT2D eigenvalue weighted by molar-refractivity contribution is 5.95. The number of benzene rings is 1. The molecule has 0 radical (unpaired) electrons. The van der Waals surface area contributed by atoms with Crippen molar-refractivity contribution in [3.63, 3.8) is 0 Å². The van der Waals surface area contributed by atoms with Crippen LogP contribution in [0.25, 0.3) is 0 Å². The summed E-state index contributed by atoms with van der Waals surface area (Å²) in [6.07, 6.45) is 3.58. The van der Waals surface area contributed by atoms with Crippen LogP contribution in [0.1, 0.15) is 36.8 Å². The van der Waals surface area contributed by atoms with Crippen molar-refractivity contribution in [2.24, 2.45) is 11.7 Å². The number of nitro groups is 1. The van der Waals surface area contributed by atoms with Crippen molar-refractivity contribution < 1.29 is 9.72 Å². The molecule has 0 bridgehead atoms. The average Bonchev–Trinajstić information content (AvgIpc) is 2.42. The van der Waals surface area contributed by atoms with E-state index in [2.05, 4.69) is 5.32 Å². The number of carbonyl (C=O) groups excluding carboxylic acids is 1. The highest BCUT2D eigenvalue weighted by Crippen LogP contribution is 2.30. The Hall–Kier alpha value is -1.95. The van der Waals surface area contributed by atoms with Gasteiger partial charge in [0.15, 0.2) is 0 Å². The molecule has 6 heteroatoms. The first-order valence-corrected chi connectivity index (χ1v) is 7.22. The van der Waals surface area contributed by atoms with Crippen LogP contribution in [0.3, 0.4) is 0 Å². The lowest BCUT2D eigenvalue weighted by Crippen LogP contribution is -2.40. The van der Waals surface area contributed by atoms with Gasteiger partial charge < -0.3 is 11.1 Å². The SMILES string of the molecule is Cc1cc(NC(=O)C2CCCCC2N)c([N+](=O)[O-])cc1C. The maximum atomic E-state index is 12.3. The summed E-state index contributed by atoms with van der Waals surface area (Å²) in [5.41, 5.74) is 7.91. The molecule has 3 N–H and O–H groups in total. The Morgan fingerprint density at radius 2 is 1.90 bits per heavy atom. The van der Waals surface area contributed by atoms with Crippen molar-refractivity contribution in [3.05, 3.63) is 33.4 Å². The molecule has 1 aliphatic carbocycles. The Bertz CT molecular complexity index is 572. The number of nitrogens with zero attached hydrogens (tertiary/aromatic N) is 1. The molecule has 1 fully saturated rings. The van der Waals surface area contributed by atoms with E-state index in [1.54, 1.807) is 6.07 Å². The quantitative estimate of drug-likeness (QED) is 0.660. The summed E-state index contributed by atoms with van der Waals surface area (Å²) in [6, 6.07) is 2.98. The van der Waals surface area contributed by atoms with Gasteiger partial charge in [-0.2, -0.15) is 0 Å². The highest BCUT2D eigenvalue weighted by Gasteiger charge is 2.29. The Balaban J connectivity index is 2.24. The summed E-state index contributed by atoms with van der Waals surface area (Å²) < 4.78 is 0. The van der Waals surface area contributed by atoms with Gasteiger partial charge in [0.05, 0.1) is 10.8 Å². The fraction of sp³-hybridized carbons (Fsp3) is 0.533. The number of nitro benzene ring substituents is 1. The smallest absolute Gasteiger partial charge is 0.293 e. The zero-order valence-corrected chi connectivity index (χ0v) is 12.4. The van der Waals surface area contributed by atoms with E-state index < -0.39 is 4.92 Å². The molecular weight excluding hydrogens is 270 g/mol. The summed E-state index contributed by atoms with van der Waals surface area (Å²) in [5.74, 6) is -0.478. The lowest BCUT2D eigenvalue weighted by atomic mass is 9.84. The number of rotatable bonds is 3. The lowest BCUT2D eigenvalue weighted by molar-refractivity contribution is -0.384. The van der Waals surface area contributed by atoms with E-state index in [1.807, 2.05) is 13.8 Å². The third-order valence-electron chi connectivity index (χ3n) is 4.22. The van der Waals surface area contributed by atoms with E-state index in [0.717, 1.165) is 36.8 Å². The van der Waals surface area contributed by atoms with E-state index in [4.69, 9.17) is 5.73 Å². The number of aryl methyl sites for hydroxylation is 2. The van der Waals surface area contributed by atoms with Crippen LogP contribution in [-0.2, 0) is 4.79 Å². The van der Waals surface area contributed by atoms with Gasteiger partial charge in [0, 0.05) is 12.1 Å². The summed E-state index contributed by atoms with van der Waals surface area (Å²) >= 11 is 0. The lowest BCUT2D eigenvalue weighted by Gasteiger charge is -2.27. The van der Waals surface area contributed by atoms with E-state index in [1.165, 1.54) is 6.07 Å². The maximum Gasteiger partial charge on any atom is 0.293 e. The normalized spacial score (nSPS) is 21.9. The molecule has 0 saturated heterocycles. The van der Waals surface area contributed by atoms with E-state index in [-0.39, 0.29) is 29.2 Å². The zero-order chi connectivity index (χ0) is 15.6. The molecule has 1 saturated carbocycles. The molecule has 2 atom stereocenters. The fourth-order valence-corrected chi connectivity index (χ4v) is 2.76. The summed E-state index contributed by atoms with van der Waals surface area (Å²) in [5, 5.41) is 13.8. The van der Waals surface area contributed by atoms with Gasteiger partial charge in [0.2, 0.25) is 5.91 Å². The van der Waals surface area contributed by atoms with Crippen LogP contribution in [0.4, 0.5) is 11.4 Å². The Morgan fingerprint density at radius 1 is 1.29 bits per heavy atom. The number of nitrogens with one attached hydrogen (secondary N) is 1. The molecule has 1 aromatic carbocycles. The van der Waals surface area contributed by atoms with Crippen LogP contribution >= 0.6 is 0 Å². The van der Waals surface area contributed by atoms with E-state index >= 15 is 0 Å². The second-order valence-electron chi connectivity index (χ2n) is 5.75. The van der Waals surface area contributed by atoms with Crippen LogP contribution in [0.2, 0.25) is 0 Å². The molecule has 1 aromatic rings. The minimum Gasteiger partial charge on any atom is -0.327 e. The number of carbonyl (C=O) groups is 1. The second kappa shape index (κ2) is 6.22. The molecule has 2 unspecified atom stereocenters. The minimum absolute atomic E-state index is 0.0733. The van der Waals surface area contributed by atoms with Crippen molar-refractivity contribution in [1.82, 2.24) is 0 Å². The number of anilines is 1. The summed E-state index contributed by atoms with van der Waals surface area (Å²) in [7, 11) is 0. The highest BCUT2D eigenvalue weighted by atomic mass is 16.6. The Morgan fingerprint density at radius 3 is 2.52 bits per heavy atom. The molecule has 0 spiro atoms. The molecule has 0 aromatic heterocycles. The molecule has 114 valence electrons. The Labute approximate surface area is 123 Å². The first-order chi connectivity index (χ1) is 9.90. The number of hydrogen-bond acceptors (Lipinski definition) is 4. The summed E-state index contributed by atoms with van der Waals surface area (Å²) in [6.45, 7) is 3.67. The van der Waals surface area contributed by atoms with Crippen LogP contribution < -0.4 is 11.1 Å². The number of hydrogen-bond donors (Lipinski definition) is 2. The maximum absolute atomic E-state index is 12.3. The largest absolute Gasteiger partial charge is 0.327 e. The van der Waals surface area contributed by atoms with E-state index in [9.17, 15) is 14.9 Å². The van der Waals surface area contributed by atoms with Gasteiger partial charge in [0.1, 0.15) is 5.69 Å². The van der Waals surface area contributed by atoms with Crippen molar-refractivity contribution in [2.45, 2.75) is 45.6 Å². The third kappa shape index (κ3) is 3.39. The van der Waals surface area contributed by atoms with Crippen LogP contribution in [0.5, 0.6) is 0 Å². The van der Waals surface area contributed by atoms with Gasteiger partial charge in [-0.15, -0.1) is 0 Å². The second-order valence-corrected chi connectivity index (χ2v) is 5.75. The van der Waals surface area contributed by atoms with Gasteiger partial charge in [-0.3, -0.25) is 14.9 Å². The van der Waals surface area contributed by atoms with Crippen molar-refractivity contribution in [1.29, 1.82) is 0 Å². The van der Waals surface area contributed by atoms with Crippen molar-refractivity contribution in [2.75, 3.05) is 5.32 Å². The molecule has 1 amide bonds. The van der Waals surface area contributed by atoms with Gasteiger partial charge in [0.25, 0.3) is 5.69 Å².